The first-order chi connectivity index (χ1) is 12.0. The molecule has 1 saturated heterocycles. The number of carbonyl (C=O) groups excluding carboxylic acids is 1. The highest BCUT2D eigenvalue weighted by Gasteiger charge is 2.56. The SMILES string of the molecule is CCO[C@@H]1C[C@H](O)C12CCN([C@@H](C(=O)OC)c1ccc(Br)cc1)CC2. The van der Waals surface area contributed by atoms with Crippen LogP contribution in [0.15, 0.2) is 28.7 Å². The largest absolute Gasteiger partial charge is 0.468 e. The second-order valence-electron chi connectivity index (χ2n) is 6.94. The van der Waals surface area contributed by atoms with Gasteiger partial charge in [-0.2, -0.15) is 0 Å². The van der Waals surface area contributed by atoms with Gasteiger partial charge in [0.15, 0.2) is 0 Å². The third kappa shape index (κ3) is 3.50. The van der Waals surface area contributed by atoms with Gasteiger partial charge in [-0.15, -0.1) is 0 Å². The second-order valence-corrected chi connectivity index (χ2v) is 7.86. The molecule has 2 fully saturated rings. The maximum Gasteiger partial charge on any atom is 0.327 e. The van der Waals surface area contributed by atoms with Crippen molar-refractivity contribution in [3.05, 3.63) is 34.3 Å². The van der Waals surface area contributed by atoms with E-state index in [4.69, 9.17) is 9.47 Å². The predicted octanol–water partition coefficient (Wildman–Crippen LogP) is 2.92. The van der Waals surface area contributed by atoms with Gasteiger partial charge in [0.2, 0.25) is 0 Å². The molecule has 0 aromatic heterocycles. The number of halogens is 1. The number of aliphatic hydroxyl groups is 1. The van der Waals surface area contributed by atoms with Crippen LogP contribution in [0, 0.1) is 5.41 Å². The molecule has 2 aliphatic rings. The van der Waals surface area contributed by atoms with E-state index in [0.717, 1.165) is 42.4 Å². The minimum Gasteiger partial charge on any atom is -0.468 e. The number of rotatable bonds is 5. The zero-order chi connectivity index (χ0) is 18.0. The Morgan fingerprint density at radius 3 is 2.52 bits per heavy atom. The van der Waals surface area contributed by atoms with E-state index in [-0.39, 0.29) is 23.6 Å². The monoisotopic (exact) mass is 411 g/mol. The second kappa shape index (κ2) is 7.74. The van der Waals surface area contributed by atoms with Crippen molar-refractivity contribution in [2.45, 2.75) is 44.4 Å². The van der Waals surface area contributed by atoms with E-state index < -0.39 is 6.04 Å². The number of hydrogen-bond acceptors (Lipinski definition) is 5. The lowest BCUT2D eigenvalue weighted by Crippen LogP contribution is -2.62. The molecule has 1 aliphatic carbocycles. The maximum atomic E-state index is 12.4. The molecule has 138 valence electrons. The van der Waals surface area contributed by atoms with E-state index in [9.17, 15) is 9.90 Å². The molecule has 1 heterocycles. The molecular weight excluding hydrogens is 386 g/mol. The van der Waals surface area contributed by atoms with Crippen LogP contribution in [0.3, 0.4) is 0 Å². The Hall–Kier alpha value is -0.950. The van der Waals surface area contributed by atoms with Gasteiger partial charge in [-0.25, -0.2) is 4.79 Å². The van der Waals surface area contributed by atoms with Crippen molar-refractivity contribution < 1.29 is 19.4 Å². The van der Waals surface area contributed by atoms with Crippen molar-refractivity contribution in [3.8, 4) is 0 Å². The number of methoxy groups -OCH3 is 1. The molecule has 5 nitrogen and oxygen atoms in total. The fourth-order valence-electron chi connectivity index (χ4n) is 4.27. The van der Waals surface area contributed by atoms with E-state index in [1.807, 2.05) is 31.2 Å². The summed E-state index contributed by atoms with van der Waals surface area (Å²) in [5, 5.41) is 10.4. The number of benzene rings is 1. The van der Waals surface area contributed by atoms with Crippen molar-refractivity contribution in [2.75, 3.05) is 26.8 Å². The average Bonchev–Trinajstić information content (AvgIpc) is 2.64. The summed E-state index contributed by atoms with van der Waals surface area (Å²) >= 11 is 3.43. The molecule has 0 radical (unpaired) electrons. The molecule has 1 aromatic carbocycles. The van der Waals surface area contributed by atoms with Crippen molar-refractivity contribution in [2.24, 2.45) is 5.41 Å². The number of aliphatic hydroxyl groups excluding tert-OH is 1. The maximum absolute atomic E-state index is 12.4. The van der Waals surface area contributed by atoms with Crippen molar-refractivity contribution in [1.29, 1.82) is 0 Å². The summed E-state index contributed by atoms with van der Waals surface area (Å²) < 4.78 is 11.9. The number of piperidine rings is 1. The van der Waals surface area contributed by atoms with Crippen LogP contribution in [-0.2, 0) is 14.3 Å². The van der Waals surface area contributed by atoms with E-state index in [2.05, 4.69) is 20.8 Å². The van der Waals surface area contributed by atoms with Gasteiger partial charge in [0.25, 0.3) is 0 Å². The van der Waals surface area contributed by atoms with Gasteiger partial charge in [-0.1, -0.05) is 28.1 Å². The Morgan fingerprint density at radius 1 is 1.36 bits per heavy atom. The summed E-state index contributed by atoms with van der Waals surface area (Å²) in [5.74, 6) is -0.242. The molecule has 3 rings (SSSR count). The summed E-state index contributed by atoms with van der Waals surface area (Å²) in [4.78, 5) is 14.6. The topological polar surface area (TPSA) is 59.0 Å². The van der Waals surface area contributed by atoms with Crippen LogP contribution in [0.25, 0.3) is 0 Å². The van der Waals surface area contributed by atoms with Crippen LogP contribution in [0.5, 0.6) is 0 Å². The van der Waals surface area contributed by atoms with E-state index in [1.165, 1.54) is 7.11 Å². The van der Waals surface area contributed by atoms with Crippen molar-refractivity contribution >= 4 is 21.9 Å². The Balaban J connectivity index is 1.74. The van der Waals surface area contributed by atoms with E-state index in [1.54, 1.807) is 0 Å². The van der Waals surface area contributed by atoms with Gasteiger partial charge in [0, 0.05) is 36.0 Å². The Kier molecular flexibility index (Phi) is 5.83. The zero-order valence-electron chi connectivity index (χ0n) is 14.8. The number of nitrogens with zero attached hydrogens (tertiary/aromatic N) is 1. The number of esters is 1. The summed E-state index contributed by atoms with van der Waals surface area (Å²) in [6.45, 7) is 4.16. The number of carbonyl (C=O) groups is 1. The smallest absolute Gasteiger partial charge is 0.327 e. The van der Waals surface area contributed by atoms with Crippen molar-refractivity contribution in [1.82, 2.24) is 4.90 Å². The van der Waals surface area contributed by atoms with Crippen LogP contribution < -0.4 is 0 Å². The lowest BCUT2D eigenvalue weighted by atomic mass is 9.58. The lowest BCUT2D eigenvalue weighted by Gasteiger charge is -2.57. The quantitative estimate of drug-likeness (QED) is 0.754. The third-order valence-corrected chi connectivity index (χ3v) is 6.34. The summed E-state index contributed by atoms with van der Waals surface area (Å²) in [6, 6.07) is 7.39. The Bertz CT molecular complexity index is 596. The molecule has 25 heavy (non-hydrogen) atoms. The minimum absolute atomic E-state index is 0.138. The number of likely N-dealkylation sites (tertiary alicyclic amines) is 1. The summed E-state index contributed by atoms with van der Waals surface area (Å²) in [5.41, 5.74) is 0.786. The van der Waals surface area contributed by atoms with Gasteiger partial charge >= 0.3 is 5.97 Å². The first-order valence-corrected chi connectivity index (χ1v) is 9.68. The molecule has 0 amide bonds. The van der Waals surface area contributed by atoms with Gasteiger partial charge in [-0.3, -0.25) is 4.90 Å². The Morgan fingerprint density at radius 2 is 2.00 bits per heavy atom. The molecule has 6 heteroatoms. The van der Waals surface area contributed by atoms with E-state index >= 15 is 0 Å². The zero-order valence-corrected chi connectivity index (χ0v) is 16.4. The average molecular weight is 412 g/mol. The molecule has 1 N–H and O–H groups in total. The molecule has 0 bridgehead atoms. The first-order valence-electron chi connectivity index (χ1n) is 8.89. The van der Waals surface area contributed by atoms with Crippen LogP contribution >= 0.6 is 15.9 Å². The minimum atomic E-state index is -0.404. The van der Waals surface area contributed by atoms with E-state index in [0.29, 0.717) is 6.61 Å². The van der Waals surface area contributed by atoms with Gasteiger partial charge in [0.05, 0.1) is 19.3 Å². The van der Waals surface area contributed by atoms with Gasteiger partial charge < -0.3 is 14.6 Å². The molecule has 0 unspecified atom stereocenters. The van der Waals surface area contributed by atoms with Crippen LogP contribution in [0.1, 0.15) is 37.8 Å². The molecule has 1 aliphatic heterocycles. The summed E-state index contributed by atoms with van der Waals surface area (Å²) in [6.07, 6.45) is 2.24. The highest BCUT2D eigenvalue weighted by atomic mass is 79.9. The van der Waals surface area contributed by atoms with Crippen LogP contribution in [0.4, 0.5) is 0 Å². The summed E-state index contributed by atoms with van der Waals surface area (Å²) in [7, 11) is 1.43. The third-order valence-electron chi connectivity index (χ3n) is 5.81. The normalized spacial score (nSPS) is 26.9. The molecular formula is C19H26BrNO4. The van der Waals surface area contributed by atoms with Crippen LogP contribution in [0.2, 0.25) is 0 Å². The first kappa shape index (κ1) is 18.8. The molecule has 3 atom stereocenters. The number of ether oxygens (including phenoxy) is 2. The predicted molar refractivity (Wildman–Crippen MR) is 98.2 cm³/mol. The Labute approximate surface area is 157 Å². The van der Waals surface area contributed by atoms with Gasteiger partial charge in [0.1, 0.15) is 6.04 Å². The molecule has 1 saturated carbocycles. The standard InChI is InChI=1S/C19H26BrNO4/c1-3-25-16-12-15(22)19(16)8-10-21(11-9-19)17(18(23)24-2)13-4-6-14(20)7-5-13/h4-7,15-17,22H,3,8-12H2,1-2H3/t15-,16+,17+/m0/s1. The van der Waals surface area contributed by atoms with Crippen molar-refractivity contribution in [3.63, 3.8) is 0 Å². The van der Waals surface area contributed by atoms with Crippen LogP contribution in [-0.4, -0.2) is 55.0 Å². The fraction of sp³-hybridized carbons (Fsp3) is 0.632. The highest BCUT2D eigenvalue weighted by Crippen LogP contribution is 2.51. The molecule has 1 aromatic rings. The van der Waals surface area contributed by atoms with Gasteiger partial charge in [-0.05, 0) is 37.5 Å². The number of hydrogen-bond donors (Lipinski definition) is 1. The fourth-order valence-corrected chi connectivity index (χ4v) is 4.53. The molecule has 1 spiro atoms. The lowest BCUT2D eigenvalue weighted by molar-refractivity contribution is -0.212. The highest BCUT2D eigenvalue weighted by molar-refractivity contribution is 9.10.